The molecule has 0 amide bonds. The maximum Gasteiger partial charge on any atom is 0.227 e. The fourth-order valence-electron chi connectivity index (χ4n) is 3.71. The van der Waals surface area contributed by atoms with E-state index < -0.39 is 17.0 Å². The third kappa shape index (κ3) is 3.09. The van der Waals surface area contributed by atoms with Crippen LogP contribution in [0.15, 0.2) is 41.3 Å². The van der Waals surface area contributed by atoms with Crippen LogP contribution < -0.4 is 0 Å². The van der Waals surface area contributed by atoms with Gasteiger partial charge in [-0.2, -0.15) is 4.98 Å². The van der Waals surface area contributed by atoms with E-state index in [2.05, 4.69) is 20.1 Å². The Labute approximate surface area is 149 Å². The molecule has 1 aliphatic rings. The first kappa shape index (κ1) is 16.8. The van der Waals surface area contributed by atoms with E-state index in [4.69, 9.17) is 4.52 Å². The van der Waals surface area contributed by atoms with E-state index >= 15 is 0 Å². The molecule has 0 N–H and O–H groups in total. The summed E-state index contributed by atoms with van der Waals surface area (Å²) in [6, 6.07) is 3.71. The van der Waals surface area contributed by atoms with Gasteiger partial charge < -0.3 is 4.52 Å². The van der Waals surface area contributed by atoms with Gasteiger partial charge in [-0.1, -0.05) is 24.1 Å². The van der Waals surface area contributed by atoms with E-state index in [1.165, 1.54) is 12.1 Å². The molecule has 2 heterocycles. The Hall–Kier alpha value is -2.70. The molecule has 0 atom stereocenters. The maximum atomic E-state index is 14.5. The van der Waals surface area contributed by atoms with E-state index in [0.29, 0.717) is 30.1 Å². The van der Waals surface area contributed by atoms with E-state index in [-0.39, 0.29) is 0 Å². The minimum atomic E-state index is -0.647. The molecule has 1 aromatic carbocycles. The lowest BCUT2D eigenvalue weighted by Crippen LogP contribution is -2.27. The van der Waals surface area contributed by atoms with Crippen molar-refractivity contribution in [3.05, 3.63) is 71.4 Å². The fraction of sp³-hybridized carbons (Fsp3) is 0.368. The lowest BCUT2D eigenvalue weighted by atomic mass is 9.78. The predicted octanol–water partition coefficient (Wildman–Crippen LogP) is 3.78. The normalized spacial score (nSPS) is 16.1. The largest absolute Gasteiger partial charge is 0.339 e. The molecule has 1 aliphatic carbocycles. The van der Waals surface area contributed by atoms with Crippen molar-refractivity contribution in [3.63, 3.8) is 0 Å². The highest BCUT2D eigenvalue weighted by molar-refractivity contribution is 5.35. The second-order valence-corrected chi connectivity index (χ2v) is 6.62. The van der Waals surface area contributed by atoms with Crippen molar-refractivity contribution in [1.29, 1.82) is 0 Å². The zero-order chi connectivity index (χ0) is 18.0. The van der Waals surface area contributed by atoms with Gasteiger partial charge in [-0.25, -0.2) is 8.78 Å². The molecule has 26 heavy (non-hydrogen) atoms. The number of aromatic nitrogens is 4. The Kier molecular flexibility index (Phi) is 4.44. The van der Waals surface area contributed by atoms with Crippen LogP contribution in [0, 0.1) is 11.6 Å². The zero-order valence-electron chi connectivity index (χ0n) is 14.2. The summed E-state index contributed by atoms with van der Waals surface area (Å²) in [4.78, 5) is 12.8. The molecule has 4 rings (SSSR count). The summed E-state index contributed by atoms with van der Waals surface area (Å²) >= 11 is 0. The molecule has 0 unspecified atom stereocenters. The summed E-state index contributed by atoms with van der Waals surface area (Å²) in [5.74, 6) is -0.177. The summed E-state index contributed by atoms with van der Waals surface area (Å²) in [6.07, 6.45) is 9.46. The van der Waals surface area contributed by atoms with Crippen molar-refractivity contribution in [1.82, 2.24) is 20.1 Å². The average molecular weight is 356 g/mol. The Balaban J connectivity index is 1.61. The standard InChI is InChI=1S/C19H18F2N4O/c20-13-3-5-15(16(21)11-13)19(7-1-2-8-19)18-24-17(26-25-18)6-4-14-12-22-9-10-23-14/h3,5,9-12H,1-2,4,6-8H2. The number of hydrogen-bond acceptors (Lipinski definition) is 5. The van der Waals surface area contributed by atoms with Gasteiger partial charge in [-0.15, -0.1) is 0 Å². The van der Waals surface area contributed by atoms with Crippen LogP contribution in [0.5, 0.6) is 0 Å². The Morgan fingerprint density at radius 1 is 1.08 bits per heavy atom. The van der Waals surface area contributed by atoms with Gasteiger partial charge in [0.1, 0.15) is 11.6 Å². The van der Waals surface area contributed by atoms with Crippen LogP contribution in [0.25, 0.3) is 0 Å². The first-order chi connectivity index (χ1) is 12.7. The SMILES string of the molecule is Fc1ccc(C2(c3noc(CCc4cnccn4)n3)CCCC2)c(F)c1. The van der Waals surface area contributed by atoms with Crippen molar-refractivity contribution in [2.24, 2.45) is 0 Å². The van der Waals surface area contributed by atoms with Gasteiger partial charge in [0.2, 0.25) is 5.89 Å². The smallest absolute Gasteiger partial charge is 0.227 e. The first-order valence-corrected chi connectivity index (χ1v) is 8.71. The Morgan fingerprint density at radius 2 is 1.92 bits per heavy atom. The van der Waals surface area contributed by atoms with Gasteiger partial charge >= 0.3 is 0 Å². The number of aryl methyl sites for hydroxylation is 2. The van der Waals surface area contributed by atoms with Gasteiger partial charge in [-0.05, 0) is 25.3 Å². The fourth-order valence-corrected chi connectivity index (χ4v) is 3.71. The highest BCUT2D eigenvalue weighted by Crippen LogP contribution is 2.46. The first-order valence-electron chi connectivity index (χ1n) is 8.71. The van der Waals surface area contributed by atoms with E-state index in [1.807, 2.05) is 0 Å². The molecule has 5 nitrogen and oxygen atoms in total. The summed E-state index contributed by atoms with van der Waals surface area (Å²) in [5, 5.41) is 4.14. The van der Waals surface area contributed by atoms with Crippen LogP contribution in [0.3, 0.4) is 0 Å². The number of halogens is 2. The van der Waals surface area contributed by atoms with Crippen LogP contribution >= 0.6 is 0 Å². The third-order valence-electron chi connectivity index (χ3n) is 5.01. The highest BCUT2D eigenvalue weighted by atomic mass is 19.1. The Bertz CT molecular complexity index is 892. The topological polar surface area (TPSA) is 64.7 Å². The zero-order valence-corrected chi connectivity index (χ0v) is 14.2. The summed E-state index contributed by atoms with van der Waals surface area (Å²) in [6.45, 7) is 0. The minimum absolute atomic E-state index is 0.442. The molecule has 2 aromatic heterocycles. The van der Waals surface area contributed by atoms with Crippen LogP contribution in [-0.4, -0.2) is 20.1 Å². The van der Waals surface area contributed by atoms with E-state index in [1.54, 1.807) is 18.6 Å². The van der Waals surface area contributed by atoms with Crippen molar-refractivity contribution in [3.8, 4) is 0 Å². The van der Waals surface area contributed by atoms with E-state index in [0.717, 1.165) is 37.4 Å². The summed E-state index contributed by atoms with van der Waals surface area (Å²) in [5.41, 5.74) is 0.636. The number of nitrogens with zero attached hydrogens (tertiary/aromatic N) is 4. The van der Waals surface area contributed by atoms with Crippen molar-refractivity contribution in [2.45, 2.75) is 43.9 Å². The molecule has 0 bridgehead atoms. The maximum absolute atomic E-state index is 14.5. The molecule has 0 saturated heterocycles. The lowest BCUT2D eigenvalue weighted by Gasteiger charge is -2.26. The van der Waals surface area contributed by atoms with Gasteiger partial charge in [0.05, 0.1) is 11.1 Å². The van der Waals surface area contributed by atoms with Gasteiger partial charge in [0.25, 0.3) is 0 Å². The van der Waals surface area contributed by atoms with Crippen molar-refractivity contribution in [2.75, 3.05) is 0 Å². The average Bonchev–Trinajstić information content (AvgIpc) is 3.31. The lowest BCUT2D eigenvalue weighted by molar-refractivity contribution is 0.357. The van der Waals surface area contributed by atoms with E-state index in [9.17, 15) is 8.78 Å². The van der Waals surface area contributed by atoms with Crippen molar-refractivity contribution < 1.29 is 13.3 Å². The number of benzene rings is 1. The van der Waals surface area contributed by atoms with Gasteiger partial charge in [0.15, 0.2) is 5.82 Å². The molecule has 1 saturated carbocycles. The monoisotopic (exact) mass is 356 g/mol. The number of hydrogen-bond donors (Lipinski definition) is 0. The van der Waals surface area contributed by atoms with Crippen molar-refractivity contribution >= 4 is 0 Å². The quantitative estimate of drug-likeness (QED) is 0.696. The van der Waals surface area contributed by atoms with Crippen LogP contribution in [0.1, 0.15) is 48.7 Å². The summed E-state index contributed by atoms with van der Waals surface area (Å²) < 4.78 is 33.2. The van der Waals surface area contributed by atoms with Crippen LogP contribution in [0.4, 0.5) is 8.78 Å². The molecule has 134 valence electrons. The molecular weight excluding hydrogens is 338 g/mol. The van der Waals surface area contributed by atoms with Crippen LogP contribution in [-0.2, 0) is 18.3 Å². The molecule has 0 radical (unpaired) electrons. The molecule has 0 aliphatic heterocycles. The molecule has 7 heteroatoms. The summed E-state index contributed by atoms with van der Waals surface area (Å²) in [7, 11) is 0. The molecule has 3 aromatic rings. The third-order valence-corrected chi connectivity index (χ3v) is 5.01. The second-order valence-electron chi connectivity index (χ2n) is 6.62. The molecule has 1 fully saturated rings. The molecule has 0 spiro atoms. The minimum Gasteiger partial charge on any atom is -0.339 e. The molecular formula is C19H18F2N4O. The van der Waals surface area contributed by atoms with Crippen LogP contribution in [0.2, 0.25) is 0 Å². The highest BCUT2D eigenvalue weighted by Gasteiger charge is 2.43. The van der Waals surface area contributed by atoms with Gasteiger partial charge in [0, 0.05) is 36.6 Å². The van der Waals surface area contributed by atoms with Gasteiger partial charge in [-0.3, -0.25) is 9.97 Å². The predicted molar refractivity (Wildman–Crippen MR) is 89.3 cm³/mol. The number of rotatable bonds is 5. The second kappa shape index (κ2) is 6.90. The Morgan fingerprint density at radius 3 is 2.65 bits per heavy atom.